The molecule has 0 aliphatic rings. The fraction of sp³-hybridized carbons (Fsp3) is 0.364. The molecule has 0 spiro atoms. The molecule has 1 rings (SSSR count). The predicted octanol–water partition coefficient (Wildman–Crippen LogP) is -2.42. The number of carbonyl (C=O) groups is 1. The van der Waals surface area contributed by atoms with E-state index in [1.807, 2.05) is 0 Å². The van der Waals surface area contributed by atoms with Gasteiger partial charge in [0.1, 0.15) is 21.6 Å². The van der Waals surface area contributed by atoms with Crippen molar-refractivity contribution in [1.82, 2.24) is 0 Å². The number of aromatic hydroxyl groups is 1. The largest absolute Gasteiger partial charge is 1.00 e. The van der Waals surface area contributed by atoms with Crippen LogP contribution in [0.2, 0.25) is 0 Å². The summed E-state index contributed by atoms with van der Waals surface area (Å²) in [5, 5.41) is 18.2. The second-order valence-corrected chi connectivity index (χ2v) is 5.42. The first-order chi connectivity index (χ1) is 10.2. The van der Waals surface area contributed by atoms with E-state index >= 15 is 0 Å². The molecule has 23 heavy (non-hydrogen) atoms. The van der Waals surface area contributed by atoms with Crippen LogP contribution >= 0.6 is 0 Å². The molecule has 1 aromatic carbocycles. The van der Waals surface area contributed by atoms with Crippen molar-refractivity contribution >= 4 is 16.1 Å². The molecule has 0 saturated carbocycles. The molecule has 0 unspecified atom stereocenters. The molecule has 0 aliphatic carbocycles. The standard InChI is InChI=1S/C11H13NO9S.K/c13-9-5-4-8(7-10(9)22(17,18)19)21-11(14)3-1-2-6-20-12(15)16;/h4-5,7,13H,1-3,6H2,(H,17,18,19);/q;+1/p-1. The summed E-state index contributed by atoms with van der Waals surface area (Å²) in [6.07, 6.45) is 0.435. The Morgan fingerprint density at radius 1 is 1.30 bits per heavy atom. The molecule has 1 N–H and O–H groups in total. The number of hydrogen-bond donors (Lipinski definition) is 1. The summed E-state index contributed by atoms with van der Waals surface area (Å²) in [6.45, 7) is -0.155. The number of esters is 1. The van der Waals surface area contributed by atoms with Crippen molar-refractivity contribution < 1.29 is 88.9 Å². The zero-order valence-corrected chi connectivity index (χ0v) is 16.1. The van der Waals surface area contributed by atoms with Gasteiger partial charge in [-0.2, -0.15) is 0 Å². The van der Waals surface area contributed by atoms with Crippen molar-refractivity contribution in [1.29, 1.82) is 0 Å². The molecule has 0 atom stereocenters. The van der Waals surface area contributed by atoms with Crippen LogP contribution < -0.4 is 56.1 Å². The molecule has 0 fully saturated rings. The van der Waals surface area contributed by atoms with Gasteiger partial charge >= 0.3 is 57.4 Å². The molecular weight excluding hydrogens is 361 g/mol. The van der Waals surface area contributed by atoms with Gasteiger partial charge in [-0.05, 0) is 25.0 Å². The SMILES string of the molecule is O=C(CCCCO[N+](=O)[O-])Oc1ccc(O)c(S(=O)(=O)[O-])c1.[K+]. The Labute approximate surface area is 174 Å². The molecule has 0 radical (unpaired) electrons. The van der Waals surface area contributed by atoms with Crippen molar-refractivity contribution in [2.45, 2.75) is 24.2 Å². The number of phenols is 1. The van der Waals surface area contributed by atoms with Crippen LogP contribution in [0, 0.1) is 10.1 Å². The molecule has 0 bridgehead atoms. The third-order valence-corrected chi connectivity index (χ3v) is 3.27. The van der Waals surface area contributed by atoms with Crippen molar-refractivity contribution in [3.63, 3.8) is 0 Å². The van der Waals surface area contributed by atoms with Crippen molar-refractivity contribution in [3.05, 3.63) is 28.3 Å². The fourth-order valence-corrected chi connectivity index (χ4v) is 2.04. The van der Waals surface area contributed by atoms with Gasteiger partial charge in [0, 0.05) is 12.5 Å². The third-order valence-electron chi connectivity index (χ3n) is 2.40. The second-order valence-electron chi connectivity index (χ2n) is 4.07. The molecule has 0 heterocycles. The summed E-state index contributed by atoms with van der Waals surface area (Å²) in [6, 6.07) is 2.78. The maximum atomic E-state index is 11.5. The van der Waals surface area contributed by atoms with Crippen LogP contribution in [0.5, 0.6) is 11.5 Å². The smallest absolute Gasteiger partial charge is 0.744 e. The van der Waals surface area contributed by atoms with Gasteiger partial charge in [0.2, 0.25) is 0 Å². The fourth-order valence-electron chi connectivity index (χ4n) is 1.45. The molecule has 12 heteroatoms. The van der Waals surface area contributed by atoms with Gasteiger partial charge in [0.15, 0.2) is 0 Å². The Hall–Kier alpha value is -0.764. The summed E-state index contributed by atoms with van der Waals surface area (Å²) in [4.78, 5) is 24.5. The summed E-state index contributed by atoms with van der Waals surface area (Å²) >= 11 is 0. The van der Waals surface area contributed by atoms with Gasteiger partial charge in [-0.1, -0.05) is 0 Å². The maximum Gasteiger partial charge on any atom is 1.00 e. The van der Waals surface area contributed by atoms with Gasteiger partial charge < -0.3 is 19.2 Å². The molecule has 0 saturated heterocycles. The third kappa shape index (κ3) is 8.60. The monoisotopic (exact) mass is 373 g/mol. The maximum absolute atomic E-state index is 11.5. The number of ether oxygens (including phenoxy) is 1. The first-order valence-corrected chi connectivity index (χ1v) is 7.38. The number of unbranched alkanes of at least 4 members (excludes halogenated alkanes) is 1. The summed E-state index contributed by atoms with van der Waals surface area (Å²) in [5.74, 6) is -1.67. The van der Waals surface area contributed by atoms with Gasteiger partial charge in [0.25, 0.3) is 5.09 Å². The van der Waals surface area contributed by atoms with E-state index in [1.165, 1.54) is 0 Å². The van der Waals surface area contributed by atoms with E-state index in [-0.39, 0.29) is 83.0 Å². The van der Waals surface area contributed by atoms with E-state index in [9.17, 15) is 33.0 Å². The van der Waals surface area contributed by atoms with E-state index in [1.54, 1.807) is 0 Å². The molecule has 10 nitrogen and oxygen atoms in total. The number of nitrogens with zero attached hydrogens (tertiary/aromatic N) is 1. The second kappa shape index (κ2) is 10.2. The van der Waals surface area contributed by atoms with Crippen LogP contribution in [0.15, 0.2) is 23.1 Å². The zero-order valence-electron chi connectivity index (χ0n) is 12.1. The number of rotatable bonds is 8. The molecule has 122 valence electrons. The minimum Gasteiger partial charge on any atom is -0.744 e. The number of carbonyl (C=O) groups excluding carboxylic acids is 1. The first-order valence-electron chi connectivity index (χ1n) is 5.97. The minimum atomic E-state index is -4.90. The van der Waals surface area contributed by atoms with Crippen LogP contribution in [0.1, 0.15) is 19.3 Å². The van der Waals surface area contributed by atoms with Gasteiger partial charge in [0.05, 0.1) is 11.5 Å². The van der Waals surface area contributed by atoms with E-state index in [0.717, 1.165) is 18.2 Å². The normalized spacial score (nSPS) is 10.5. The minimum absolute atomic E-state index is 0. The number of phenolic OH excluding ortho intramolecular Hbond substituents is 1. The van der Waals surface area contributed by atoms with Crippen LogP contribution in [0.25, 0.3) is 0 Å². The average molecular weight is 373 g/mol. The molecular formula is C11H12KNO9S. The Morgan fingerprint density at radius 3 is 2.52 bits per heavy atom. The topological polar surface area (TPSA) is 156 Å². The van der Waals surface area contributed by atoms with Crippen LogP contribution in [0.3, 0.4) is 0 Å². The first kappa shape index (κ1) is 22.2. The van der Waals surface area contributed by atoms with Crippen molar-refractivity contribution in [3.8, 4) is 11.5 Å². The van der Waals surface area contributed by atoms with Crippen LogP contribution in [-0.2, 0) is 19.8 Å². The van der Waals surface area contributed by atoms with Crippen molar-refractivity contribution in [2.75, 3.05) is 6.61 Å². The molecule has 0 aromatic heterocycles. The van der Waals surface area contributed by atoms with E-state index in [2.05, 4.69) is 4.84 Å². The average Bonchev–Trinajstić information content (AvgIpc) is 2.39. The van der Waals surface area contributed by atoms with E-state index in [4.69, 9.17) is 4.74 Å². The van der Waals surface area contributed by atoms with E-state index in [0.29, 0.717) is 0 Å². The number of hydrogen-bond acceptors (Lipinski definition) is 9. The molecule has 1 aromatic rings. The predicted molar refractivity (Wildman–Crippen MR) is 68.5 cm³/mol. The zero-order chi connectivity index (χ0) is 16.8. The Kier molecular flexibility index (Phi) is 9.84. The Morgan fingerprint density at radius 2 is 1.96 bits per heavy atom. The van der Waals surface area contributed by atoms with Gasteiger partial charge in [-0.25, -0.2) is 8.42 Å². The van der Waals surface area contributed by atoms with Gasteiger partial charge in [-0.3, -0.25) is 4.79 Å². The summed E-state index contributed by atoms with van der Waals surface area (Å²) < 4.78 is 37.4. The summed E-state index contributed by atoms with van der Waals surface area (Å²) in [5.41, 5.74) is 0. The van der Waals surface area contributed by atoms with Gasteiger partial charge in [-0.15, -0.1) is 10.1 Å². The van der Waals surface area contributed by atoms with Crippen LogP contribution in [-0.4, -0.2) is 35.7 Å². The van der Waals surface area contributed by atoms with E-state index < -0.39 is 31.8 Å². The quantitative estimate of drug-likeness (QED) is 0.0996. The molecule has 0 aliphatic heterocycles. The number of benzene rings is 1. The van der Waals surface area contributed by atoms with Crippen molar-refractivity contribution in [2.24, 2.45) is 0 Å². The summed E-state index contributed by atoms with van der Waals surface area (Å²) in [7, 11) is -4.90. The van der Waals surface area contributed by atoms with Crippen LogP contribution in [0.4, 0.5) is 0 Å². The molecule has 0 amide bonds. The Bertz CT molecular complexity index is 661. The Balaban J connectivity index is 0.00000484.